The van der Waals surface area contributed by atoms with Gasteiger partial charge in [-0.1, -0.05) is 6.92 Å². The number of rotatable bonds is 6. The SMILES string of the molecule is CCC(O)c1cc(NCC2CCCO2)ccc1S(=O)(=O)O. The van der Waals surface area contributed by atoms with Gasteiger partial charge in [-0.3, -0.25) is 4.55 Å². The third-order valence-corrected chi connectivity index (χ3v) is 4.52. The molecule has 2 atom stereocenters. The molecule has 0 bridgehead atoms. The first-order valence-electron chi connectivity index (χ1n) is 7.06. The molecular formula is C14H21NO5S. The van der Waals surface area contributed by atoms with E-state index in [-0.39, 0.29) is 16.6 Å². The lowest BCUT2D eigenvalue weighted by Crippen LogP contribution is -2.18. The van der Waals surface area contributed by atoms with Crippen LogP contribution in [0, 0.1) is 0 Å². The van der Waals surface area contributed by atoms with Crippen LogP contribution >= 0.6 is 0 Å². The molecule has 6 nitrogen and oxygen atoms in total. The maximum atomic E-state index is 11.4. The highest BCUT2D eigenvalue weighted by atomic mass is 32.2. The van der Waals surface area contributed by atoms with Crippen molar-refractivity contribution in [3.05, 3.63) is 23.8 Å². The van der Waals surface area contributed by atoms with Crippen molar-refractivity contribution in [3.8, 4) is 0 Å². The number of anilines is 1. The predicted octanol–water partition coefficient (Wildman–Crippen LogP) is 1.97. The first-order valence-corrected chi connectivity index (χ1v) is 8.50. The summed E-state index contributed by atoms with van der Waals surface area (Å²) in [6.45, 7) is 3.14. The van der Waals surface area contributed by atoms with Gasteiger partial charge in [-0.05, 0) is 37.5 Å². The first kappa shape index (κ1) is 16.2. The summed E-state index contributed by atoms with van der Waals surface area (Å²) >= 11 is 0. The molecule has 1 saturated heterocycles. The van der Waals surface area contributed by atoms with Crippen LogP contribution in [-0.2, 0) is 14.9 Å². The van der Waals surface area contributed by atoms with E-state index in [1.165, 1.54) is 6.07 Å². The second kappa shape index (κ2) is 6.74. The Kier molecular flexibility index (Phi) is 5.21. The minimum absolute atomic E-state index is 0.158. The van der Waals surface area contributed by atoms with Gasteiger partial charge in [-0.2, -0.15) is 8.42 Å². The number of nitrogens with one attached hydrogen (secondary N) is 1. The monoisotopic (exact) mass is 315 g/mol. The van der Waals surface area contributed by atoms with Crippen LogP contribution in [0.1, 0.15) is 37.9 Å². The summed E-state index contributed by atoms with van der Waals surface area (Å²) < 4.78 is 37.4. The number of hydrogen-bond acceptors (Lipinski definition) is 5. The smallest absolute Gasteiger partial charge is 0.294 e. The van der Waals surface area contributed by atoms with Gasteiger partial charge in [0.2, 0.25) is 0 Å². The fourth-order valence-electron chi connectivity index (χ4n) is 2.41. The zero-order valence-corrected chi connectivity index (χ0v) is 12.8. The van der Waals surface area contributed by atoms with Crippen molar-refractivity contribution in [2.75, 3.05) is 18.5 Å². The van der Waals surface area contributed by atoms with Crippen LogP contribution in [-0.4, -0.2) is 37.3 Å². The largest absolute Gasteiger partial charge is 0.388 e. The Morgan fingerprint density at radius 3 is 2.81 bits per heavy atom. The van der Waals surface area contributed by atoms with Crippen LogP contribution in [0.2, 0.25) is 0 Å². The maximum Gasteiger partial charge on any atom is 0.294 e. The summed E-state index contributed by atoms with van der Waals surface area (Å²) in [5.74, 6) is 0. The van der Waals surface area contributed by atoms with E-state index in [1.54, 1.807) is 19.1 Å². The van der Waals surface area contributed by atoms with Gasteiger partial charge in [0, 0.05) is 24.4 Å². The molecule has 0 aliphatic carbocycles. The lowest BCUT2D eigenvalue weighted by molar-refractivity contribution is 0.120. The maximum absolute atomic E-state index is 11.4. The van der Waals surface area contributed by atoms with Gasteiger partial charge in [-0.25, -0.2) is 0 Å². The molecule has 0 radical (unpaired) electrons. The zero-order chi connectivity index (χ0) is 15.5. The Balaban J connectivity index is 2.20. The summed E-state index contributed by atoms with van der Waals surface area (Å²) in [5.41, 5.74) is 0.901. The Morgan fingerprint density at radius 1 is 1.48 bits per heavy atom. The lowest BCUT2D eigenvalue weighted by atomic mass is 10.1. The molecule has 1 aliphatic rings. The van der Waals surface area contributed by atoms with E-state index in [2.05, 4.69) is 5.32 Å². The average Bonchev–Trinajstić information content (AvgIpc) is 2.96. The molecule has 3 N–H and O–H groups in total. The Bertz CT molecular complexity index is 581. The van der Waals surface area contributed by atoms with E-state index in [0.29, 0.717) is 18.7 Å². The Morgan fingerprint density at radius 2 is 2.24 bits per heavy atom. The van der Waals surface area contributed by atoms with E-state index in [4.69, 9.17) is 4.74 Å². The van der Waals surface area contributed by atoms with Crippen molar-refractivity contribution in [3.63, 3.8) is 0 Å². The molecular weight excluding hydrogens is 294 g/mol. The normalized spacial score (nSPS) is 20.4. The summed E-state index contributed by atoms with van der Waals surface area (Å²) in [7, 11) is -4.35. The highest BCUT2D eigenvalue weighted by Gasteiger charge is 2.21. The lowest BCUT2D eigenvalue weighted by Gasteiger charge is -2.16. The molecule has 0 spiro atoms. The Labute approximate surface area is 124 Å². The van der Waals surface area contributed by atoms with E-state index < -0.39 is 16.2 Å². The minimum atomic E-state index is -4.35. The van der Waals surface area contributed by atoms with Crippen LogP contribution in [0.25, 0.3) is 0 Å². The van der Waals surface area contributed by atoms with Gasteiger partial charge in [0.1, 0.15) is 0 Å². The molecule has 1 aromatic carbocycles. The van der Waals surface area contributed by atoms with Crippen LogP contribution in [0.3, 0.4) is 0 Å². The van der Waals surface area contributed by atoms with Crippen LogP contribution in [0.5, 0.6) is 0 Å². The number of benzene rings is 1. The molecule has 2 rings (SSSR count). The van der Waals surface area contributed by atoms with Gasteiger partial charge in [0.05, 0.1) is 17.1 Å². The predicted molar refractivity (Wildman–Crippen MR) is 79.0 cm³/mol. The van der Waals surface area contributed by atoms with Gasteiger partial charge < -0.3 is 15.2 Å². The number of hydrogen-bond donors (Lipinski definition) is 3. The molecule has 1 heterocycles. The highest BCUT2D eigenvalue weighted by Crippen LogP contribution is 2.28. The number of aliphatic hydroxyl groups excluding tert-OH is 1. The van der Waals surface area contributed by atoms with Gasteiger partial charge in [0.15, 0.2) is 0 Å². The van der Waals surface area contributed by atoms with Gasteiger partial charge in [0.25, 0.3) is 10.1 Å². The van der Waals surface area contributed by atoms with Crippen molar-refractivity contribution in [1.29, 1.82) is 0 Å². The second-order valence-corrected chi connectivity index (χ2v) is 6.56. The molecule has 1 fully saturated rings. The zero-order valence-electron chi connectivity index (χ0n) is 11.9. The summed E-state index contributed by atoms with van der Waals surface area (Å²) in [5, 5.41) is 13.1. The van der Waals surface area contributed by atoms with E-state index >= 15 is 0 Å². The van der Waals surface area contributed by atoms with Crippen LogP contribution < -0.4 is 5.32 Å². The van der Waals surface area contributed by atoms with E-state index in [0.717, 1.165) is 19.4 Å². The topological polar surface area (TPSA) is 95.9 Å². The third kappa shape index (κ3) is 4.16. The van der Waals surface area contributed by atoms with Crippen LogP contribution in [0.15, 0.2) is 23.1 Å². The quantitative estimate of drug-likeness (QED) is 0.695. The molecule has 1 aromatic rings. The fraction of sp³-hybridized carbons (Fsp3) is 0.571. The standard InChI is InChI=1S/C14H21NO5S/c1-2-13(16)12-8-10(5-6-14(12)21(17,18)19)15-9-11-4-3-7-20-11/h5-6,8,11,13,15-16H,2-4,7,9H2,1H3,(H,17,18,19). The van der Waals surface area contributed by atoms with Crippen molar-refractivity contribution < 1.29 is 22.8 Å². The van der Waals surface area contributed by atoms with Crippen molar-refractivity contribution >= 4 is 15.8 Å². The summed E-state index contributed by atoms with van der Waals surface area (Å²) in [6.07, 6.45) is 1.63. The molecule has 0 aromatic heterocycles. The second-order valence-electron chi connectivity index (χ2n) is 5.17. The summed E-state index contributed by atoms with van der Waals surface area (Å²) in [6, 6.07) is 4.44. The van der Waals surface area contributed by atoms with Gasteiger partial charge >= 0.3 is 0 Å². The van der Waals surface area contributed by atoms with Crippen molar-refractivity contribution in [2.24, 2.45) is 0 Å². The van der Waals surface area contributed by atoms with E-state index in [1.807, 2.05) is 0 Å². The molecule has 118 valence electrons. The van der Waals surface area contributed by atoms with Gasteiger partial charge in [-0.15, -0.1) is 0 Å². The first-order chi connectivity index (χ1) is 9.91. The molecule has 7 heteroatoms. The molecule has 21 heavy (non-hydrogen) atoms. The molecule has 2 unspecified atom stereocenters. The third-order valence-electron chi connectivity index (χ3n) is 3.59. The average molecular weight is 315 g/mol. The van der Waals surface area contributed by atoms with E-state index in [9.17, 15) is 18.1 Å². The Hall–Kier alpha value is -1.15. The number of aliphatic hydroxyl groups is 1. The fourth-order valence-corrected chi connectivity index (χ4v) is 3.14. The number of ether oxygens (including phenoxy) is 1. The molecule has 0 saturated carbocycles. The van der Waals surface area contributed by atoms with Crippen LogP contribution in [0.4, 0.5) is 5.69 Å². The molecule has 1 aliphatic heterocycles. The van der Waals surface area contributed by atoms with Crippen molar-refractivity contribution in [1.82, 2.24) is 0 Å². The summed E-state index contributed by atoms with van der Waals surface area (Å²) in [4.78, 5) is -0.250. The highest BCUT2D eigenvalue weighted by molar-refractivity contribution is 7.85. The minimum Gasteiger partial charge on any atom is -0.388 e. The molecule has 0 amide bonds. The van der Waals surface area contributed by atoms with Crippen molar-refractivity contribution in [2.45, 2.75) is 43.3 Å².